The molecular weight excluding hydrogens is 436 g/mol. The molecule has 184 valence electrons. The van der Waals surface area contributed by atoms with E-state index >= 15 is 0 Å². The number of amides is 1. The minimum absolute atomic E-state index is 0.386. The highest BCUT2D eigenvalue weighted by atomic mass is 16.5. The zero-order valence-electron chi connectivity index (χ0n) is 20.2. The van der Waals surface area contributed by atoms with E-state index in [0.717, 1.165) is 24.3 Å². The fourth-order valence-electron chi connectivity index (χ4n) is 3.89. The van der Waals surface area contributed by atoms with E-state index in [2.05, 4.69) is 10.2 Å². The first-order valence-corrected chi connectivity index (χ1v) is 11.8. The Morgan fingerprint density at radius 3 is 2.32 bits per heavy atom. The van der Waals surface area contributed by atoms with Crippen molar-refractivity contribution < 1.29 is 28.5 Å². The first-order valence-electron chi connectivity index (χ1n) is 11.8. The van der Waals surface area contributed by atoms with Gasteiger partial charge >= 0.3 is 5.97 Å². The maximum Gasteiger partial charge on any atom is 0.313 e. The third-order valence-corrected chi connectivity index (χ3v) is 5.53. The van der Waals surface area contributed by atoms with E-state index in [4.69, 9.17) is 18.9 Å². The lowest BCUT2D eigenvalue weighted by atomic mass is 9.97. The number of anilines is 2. The van der Waals surface area contributed by atoms with Gasteiger partial charge in [-0.05, 0) is 25.8 Å². The quantitative estimate of drug-likeness (QED) is 0.497. The van der Waals surface area contributed by atoms with Crippen LogP contribution in [0.25, 0.3) is 0 Å². The molecule has 2 aromatic carbocycles. The smallest absolute Gasteiger partial charge is 0.313 e. The highest BCUT2D eigenvalue weighted by molar-refractivity contribution is 5.95. The zero-order chi connectivity index (χ0) is 24.3. The van der Waals surface area contributed by atoms with Crippen molar-refractivity contribution >= 4 is 23.3 Å². The Bertz CT molecular complexity index is 944. The van der Waals surface area contributed by atoms with Crippen LogP contribution in [0.15, 0.2) is 42.5 Å². The molecule has 0 aromatic heterocycles. The standard InChI is InChI=1S/C26H34N2O6/c1-4-20(19-10-8-7-9-11-19)26(30)34-18-25(29)27-21-16-24(33-6-3)22(17-23(21)32-5-2)28-12-14-31-15-13-28/h7-11,16-17,20H,4-6,12-15,18H2,1-3H3,(H,27,29). The highest BCUT2D eigenvalue weighted by Crippen LogP contribution is 2.39. The van der Waals surface area contributed by atoms with E-state index in [0.29, 0.717) is 50.0 Å². The largest absolute Gasteiger partial charge is 0.492 e. The molecule has 34 heavy (non-hydrogen) atoms. The monoisotopic (exact) mass is 470 g/mol. The first kappa shape index (κ1) is 25.4. The molecule has 1 N–H and O–H groups in total. The van der Waals surface area contributed by atoms with Gasteiger partial charge in [0.15, 0.2) is 6.61 Å². The van der Waals surface area contributed by atoms with Crippen LogP contribution < -0.4 is 19.7 Å². The maximum absolute atomic E-state index is 12.7. The van der Waals surface area contributed by atoms with E-state index < -0.39 is 17.8 Å². The summed E-state index contributed by atoms with van der Waals surface area (Å²) in [6, 6.07) is 13.1. The number of nitrogens with zero attached hydrogens (tertiary/aromatic N) is 1. The Balaban J connectivity index is 1.72. The number of ether oxygens (including phenoxy) is 4. The molecule has 1 amide bonds. The van der Waals surface area contributed by atoms with Crippen molar-refractivity contribution in [2.45, 2.75) is 33.1 Å². The van der Waals surface area contributed by atoms with E-state index in [1.54, 1.807) is 6.07 Å². The van der Waals surface area contributed by atoms with Crippen molar-refractivity contribution in [3.05, 3.63) is 48.0 Å². The number of esters is 1. The van der Waals surface area contributed by atoms with Crippen molar-refractivity contribution in [2.24, 2.45) is 0 Å². The molecule has 1 unspecified atom stereocenters. The Hall–Kier alpha value is -3.26. The van der Waals surface area contributed by atoms with Gasteiger partial charge in [-0.25, -0.2) is 0 Å². The highest BCUT2D eigenvalue weighted by Gasteiger charge is 2.23. The number of hydrogen-bond donors (Lipinski definition) is 1. The van der Waals surface area contributed by atoms with Gasteiger partial charge in [-0.3, -0.25) is 9.59 Å². The summed E-state index contributed by atoms with van der Waals surface area (Å²) in [4.78, 5) is 27.4. The summed E-state index contributed by atoms with van der Waals surface area (Å²) in [6.07, 6.45) is 0.583. The molecule has 0 saturated carbocycles. The Morgan fingerprint density at radius 1 is 1.00 bits per heavy atom. The minimum Gasteiger partial charge on any atom is -0.492 e. The molecule has 8 heteroatoms. The molecular formula is C26H34N2O6. The lowest BCUT2D eigenvalue weighted by Crippen LogP contribution is -2.36. The number of hydrogen-bond acceptors (Lipinski definition) is 7. The summed E-state index contributed by atoms with van der Waals surface area (Å²) in [6.45, 7) is 9.00. The van der Waals surface area contributed by atoms with Crippen LogP contribution in [-0.2, 0) is 19.1 Å². The lowest BCUT2D eigenvalue weighted by Gasteiger charge is -2.31. The molecule has 0 spiro atoms. The van der Waals surface area contributed by atoms with Gasteiger partial charge in [-0.1, -0.05) is 37.3 Å². The number of carbonyl (C=O) groups excluding carboxylic acids is 2. The molecule has 1 saturated heterocycles. The van der Waals surface area contributed by atoms with Crippen molar-refractivity contribution in [2.75, 3.05) is 56.3 Å². The second kappa shape index (κ2) is 12.8. The van der Waals surface area contributed by atoms with E-state index in [9.17, 15) is 9.59 Å². The maximum atomic E-state index is 12.7. The number of carbonyl (C=O) groups is 2. The van der Waals surface area contributed by atoms with Crippen molar-refractivity contribution in [3.63, 3.8) is 0 Å². The van der Waals surface area contributed by atoms with E-state index in [1.165, 1.54) is 0 Å². The summed E-state index contributed by atoms with van der Waals surface area (Å²) in [5, 5.41) is 2.81. The van der Waals surface area contributed by atoms with Gasteiger partial charge in [-0.15, -0.1) is 0 Å². The average molecular weight is 471 g/mol. The van der Waals surface area contributed by atoms with E-state index in [-0.39, 0.29) is 6.61 Å². The fraction of sp³-hybridized carbons (Fsp3) is 0.462. The van der Waals surface area contributed by atoms with Gasteiger partial charge in [0.05, 0.1) is 43.7 Å². The number of nitrogens with one attached hydrogen (secondary N) is 1. The van der Waals surface area contributed by atoms with Crippen molar-refractivity contribution in [1.82, 2.24) is 0 Å². The van der Waals surface area contributed by atoms with Gasteiger partial charge in [0.1, 0.15) is 11.5 Å². The van der Waals surface area contributed by atoms with Gasteiger partial charge in [0.2, 0.25) is 0 Å². The van der Waals surface area contributed by atoms with Gasteiger partial charge < -0.3 is 29.2 Å². The van der Waals surface area contributed by atoms with Crippen LogP contribution in [0.4, 0.5) is 11.4 Å². The summed E-state index contributed by atoms with van der Waals surface area (Å²) in [5.74, 6) is -0.103. The minimum atomic E-state index is -0.446. The van der Waals surface area contributed by atoms with Crippen LogP contribution >= 0.6 is 0 Å². The number of benzene rings is 2. The average Bonchev–Trinajstić information content (AvgIpc) is 2.86. The summed E-state index contributed by atoms with van der Waals surface area (Å²) < 4.78 is 22.5. The molecule has 3 rings (SSSR count). The Morgan fingerprint density at radius 2 is 1.68 bits per heavy atom. The van der Waals surface area contributed by atoms with Crippen molar-refractivity contribution in [3.8, 4) is 11.5 Å². The van der Waals surface area contributed by atoms with Crippen molar-refractivity contribution in [1.29, 1.82) is 0 Å². The topological polar surface area (TPSA) is 86.3 Å². The van der Waals surface area contributed by atoms with Crippen LogP contribution in [0, 0.1) is 0 Å². The number of rotatable bonds is 11. The molecule has 0 aliphatic carbocycles. The molecule has 1 atom stereocenters. The predicted molar refractivity (Wildman–Crippen MR) is 131 cm³/mol. The molecule has 1 aliphatic rings. The molecule has 0 radical (unpaired) electrons. The van der Waals surface area contributed by atoms with Gasteiger partial charge in [0, 0.05) is 25.2 Å². The van der Waals surface area contributed by atoms with Crippen LogP contribution in [0.1, 0.15) is 38.7 Å². The van der Waals surface area contributed by atoms with Gasteiger partial charge in [0.25, 0.3) is 5.91 Å². The Kier molecular flexibility index (Phi) is 9.58. The van der Waals surface area contributed by atoms with Crippen LogP contribution in [-0.4, -0.2) is 58.0 Å². The molecule has 0 bridgehead atoms. The number of morpholine rings is 1. The molecule has 1 aliphatic heterocycles. The third kappa shape index (κ3) is 6.63. The Labute approximate surface area is 201 Å². The molecule has 8 nitrogen and oxygen atoms in total. The third-order valence-electron chi connectivity index (χ3n) is 5.53. The first-order chi connectivity index (χ1) is 16.6. The SMILES string of the molecule is CCOc1cc(N2CCOCC2)c(OCC)cc1NC(=O)COC(=O)C(CC)c1ccccc1. The van der Waals surface area contributed by atoms with Crippen LogP contribution in [0.5, 0.6) is 11.5 Å². The zero-order valence-corrected chi connectivity index (χ0v) is 20.2. The molecule has 1 heterocycles. The summed E-state index contributed by atoms with van der Waals surface area (Å²) in [7, 11) is 0. The second-order valence-corrected chi connectivity index (χ2v) is 7.81. The predicted octanol–water partition coefficient (Wildman–Crippen LogP) is 4.00. The second-order valence-electron chi connectivity index (χ2n) is 7.81. The van der Waals surface area contributed by atoms with Gasteiger partial charge in [-0.2, -0.15) is 0 Å². The normalized spacial score (nSPS) is 14.3. The summed E-state index contributed by atoms with van der Waals surface area (Å²) >= 11 is 0. The van der Waals surface area contributed by atoms with Crippen LogP contribution in [0.2, 0.25) is 0 Å². The molecule has 1 fully saturated rings. The summed E-state index contributed by atoms with van der Waals surface area (Å²) in [5.41, 5.74) is 2.24. The van der Waals surface area contributed by atoms with Crippen LogP contribution in [0.3, 0.4) is 0 Å². The molecule has 2 aromatic rings. The lowest BCUT2D eigenvalue weighted by molar-refractivity contribution is -0.149. The van der Waals surface area contributed by atoms with E-state index in [1.807, 2.05) is 57.2 Å². The fourth-order valence-corrected chi connectivity index (χ4v) is 3.89.